The highest BCUT2D eigenvalue weighted by Crippen LogP contribution is 2.25. The third-order valence-electron chi connectivity index (χ3n) is 3.49. The number of hydrogen-bond donors (Lipinski definition) is 0. The van der Waals surface area contributed by atoms with Gasteiger partial charge in [0.05, 0.1) is 0 Å². The van der Waals surface area contributed by atoms with Gasteiger partial charge in [0.2, 0.25) is 0 Å². The van der Waals surface area contributed by atoms with Crippen LogP contribution in [0.15, 0.2) is 18.2 Å². The minimum Gasteiger partial charge on any atom is -0.371 e. The number of anilines is 1. The van der Waals surface area contributed by atoms with Crippen LogP contribution in [0, 0.1) is 12.8 Å². The van der Waals surface area contributed by atoms with E-state index in [9.17, 15) is 0 Å². The lowest BCUT2D eigenvalue weighted by molar-refractivity contribution is 0.447. The first-order valence-electron chi connectivity index (χ1n) is 6.11. The van der Waals surface area contributed by atoms with Crippen molar-refractivity contribution < 1.29 is 0 Å². The first-order valence-corrected chi connectivity index (χ1v) is 6.64. The van der Waals surface area contributed by atoms with Crippen molar-refractivity contribution in [2.75, 3.05) is 18.0 Å². The zero-order valence-corrected chi connectivity index (χ0v) is 10.9. The molecule has 0 saturated carbocycles. The maximum atomic E-state index is 5.88. The first kappa shape index (κ1) is 11.8. The monoisotopic (exact) mass is 237 g/mol. The van der Waals surface area contributed by atoms with Gasteiger partial charge in [-0.1, -0.05) is 13.0 Å². The number of rotatable bonds is 2. The van der Waals surface area contributed by atoms with Crippen molar-refractivity contribution in [2.24, 2.45) is 5.92 Å². The standard InChI is InChI=1S/C14H20ClN/c1-11-4-3-7-16(10-11)14-6-5-13(9-15)12(2)8-14/h5-6,8,11H,3-4,7,9-10H2,1-2H3. The van der Waals surface area contributed by atoms with Crippen LogP contribution in [0.5, 0.6) is 0 Å². The van der Waals surface area contributed by atoms with Crippen LogP contribution in [0.4, 0.5) is 5.69 Å². The summed E-state index contributed by atoms with van der Waals surface area (Å²) in [5.41, 5.74) is 3.92. The molecule has 1 aromatic carbocycles. The SMILES string of the molecule is Cc1cc(N2CCCC(C)C2)ccc1CCl. The van der Waals surface area contributed by atoms with Crippen LogP contribution < -0.4 is 4.90 Å². The highest BCUT2D eigenvalue weighted by Gasteiger charge is 2.16. The molecule has 1 heterocycles. The molecule has 1 aliphatic heterocycles. The molecule has 0 aliphatic carbocycles. The number of halogens is 1. The van der Waals surface area contributed by atoms with E-state index in [1.54, 1.807) is 0 Å². The minimum atomic E-state index is 0.614. The Morgan fingerprint density at radius 3 is 2.88 bits per heavy atom. The summed E-state index contributed by atoms with van der Waals surface area (Å²) in [6, 6.07) is 6.65. The molecule has 0 aromatic heterocycles. The summed E-state index contributed by atoms with van der Waals surface area (Å²) in [6.45, 7) is 6.88. The lowest BCUT2D eigenvalue weighted by Crippen LogP contribution is -2.34. The number of hydrogen-bond acceptors (Lipinski definition) is 1. The van der Waals surface area contributed by atoms with Crippen LogP contribution in [-0.2, 0) is 5.88 Å². The largest absolute Gasteiger partial charge is 0.371 e. The fourth-order valence-electron chi connectivity index (χ4n) is 2.45. The van der Waals surface area contributed by atoms with E-state index in [1.165, 1.54) is 42.7 Å². The molecule has 1 atom stereocenters. The van der Waals surface area contributed by atoms with E-state index in [0.29, 0.717) is 5.88 Å². The third kappa shape index (κ3) is 2.52. The van der Waals surface area contributed by atoms with Crippen LogP contribution in [0.25, 0.3) is 0 Å². The molecule has 88 valence electrons. The number of benzene rings is 1. The first-order chi connectivity index (χ1) is 7.70. The average molecular weight is 238 g/mol. The van der Waals surface area contributed by atoms with Crippen molar-refractivity contribution in [1.29, 1.82) is 0 Å². The Kier molecular flexibility index (Phi) is 3.75. The molecule has 1 saturated heterocycles. The summed E-state index contributed by atoms with van der Waals surface area (Å²) in [7, 11) is 0. The Hall–Kier alpha value is -0.690. The smallest absolute Gasteiger partial charge is 0.0476 e. The average Bonchev–Trinajstić information content (AvgIpc) is 2.29. The predicted molar refractivity (Wildman–Crippen MR) is 71.3 cm³/mol. The zero-order valence-electron chi connectivity index (χ0n) is 10.2. The van der Waals surface area contributed by atoms with Crippen LogP contribution in [0.3, 0.4) is 0 Å². The number of alkyl halides is 1. The van der Waals surface area contributed by atoms with Gasteiger partial charge in [-0.25, -0.2) is 0 Å². The molecule has 2 rings (SSSR count). The van der Waals surface area contributed by atoms with Gasteiger partial charge in [0.1, 0.15) is 0 Å². The van der Waals surface area contributed by atoms with Crippen molar-refractivity contribution in [3.63, 3.8) is 0 Å². The second kappa shape index (κ2) is 5.09. The quantitative estimate of drug-likeness (QED) is 0.704. The molecule has 1 aliphatic rings. The van der Waals surface area contributed by atoms with Gasteiger partial charge in [0.15, 0.2) is 0 Å². The molecule has 0 N–H and O–H groups in total. The Balaban J connectivity index is 2.17. The topological polar surface area (TPSA) is 3.24 Å². The van der Waals surface area contributed by atoms with E-state index in [1.807, 2.05) is 0 Å². The van der Waals surface area contributed by atoms with E-state index in [2.05, 4.69) is 36.9 Å². The normalized spacial score (nSPS) is 21.2. The van der Waals surface area contributed by atoms with Gasteiger partial charge >= 0.3 is 0 Å². The van der Waals surface area contributed by atoms with Crippen molar-refractivity contribution in [1.82, 2.24) is 0 Å². The van der Waals surface area contributed by atoms with Gasteiger partial charge in [-0.15, -0.1) is 11.6 Å². The Morgan fingerprint density at radius 2 is 2.25 bits per heavy atom. The molecule has 1 nitrogen and oxygen atoms in total. The fraction of sp³-hybridized carbons (Fsp3) is 0.571. The van der Waals surface area contributed by atoms with E-state index in [4.69, 9.17) is 11.6 Å². The summed E-state index contributed by atoms with van der Waals surface area (Å²) in [4.78, 5) is 2.50. The van der Waals surface area contributed by atoms with Gasteiger partial charge < -0.3 is 4.90 Å². The van der Waals surface area contributed by atoms with Gasteiger partial charge in [-0.2, -0.15) is 0 Å². The summed E-state index contributed by atoms with van der Waals surface area (Å²) in [5, 5.41) is 0. The highest BCUT2D eigenvalue weighted by molar-refractivity contribution is 6.17. The second-order valence-corrected chi connectivity index (χ2v) is 5.21. The zero-order chi connectivity index (χ0) is 11.5. The fourth-order valence-corrected chi connectivity index (χ4v) is 2.75. The molecule has 0 amide bonds. The lowest BCUT2D eigenvalue weighted by atomic mass is 9.99. The summed E-state index contributed by atoms with van der Waals surface area (Å²) >= 11 is 5.88. The van der Waals surface area contributed by atoms with Gasteiger partial charge in [-0.05, 0) is 48.9 Å². The van der Waals surface area contributed by atoms with Crippen molar-refractivity contribution >= 4 is 17.3 Å². The van der Waals surface area contributed by atoms with Gasteiger partial charge in [-0.3, -0.25) is 0 Å². The molecule has 1 unspecified atom stereocenters. The van der Waals surface area contributed by atoms with Gasteiger partial charge in [0.25, 0.3) is 0 Å². The van der Waals surface area contributed by atoms with E-state index in [0.717, 1.165) is 5.92 Å². The summed E-state index contributed by atoms with van der Waals surface area (Å²) < 4.78 is 0. The third-order valence-corrected chi connectivity index (χ3v) is 3.78. The molecule has 16 heavy (non-hydrogen) atoms. The minimum absolute atomic E-state index is 0.614. The molecule has 2 heteroatoms. The Labute approximate surface area is 103 Å². The van der Waals surface area contributed by atoms with Crippen LogP contribution in [0.1, 0.15) is 30.9 Å². The van der Waals surface area contributed by atoms with E-state index >= 15 is 0 Å². The summed E-state index contributed by atoms with van der Waals surface area (Å²) in [5.74, 6) is 1.43. The maximum absolute atomic E-state index is 5.88. The number of nitrogens with zero attached hydrogens (tertiary/aromatic N) is 1. The molecule has 1 fully saturated rings. The maximum Gasteiger partial charge on any atom is 0.0476 e. The molecular weight excluding hydrogens is 218 g/mol. The van der Waals surface area contributed by atoms with Crippen LogP contribution in [-0.4, -0.2) is 13.1 Å². The van der Waals surface area contributed by atoms with Crippen LogP contribution in [0.2, 0.25) is 0 Å². The second-order valence-electron chi connectivity index (χ2n) is 4.94. The van der Waals surface area contributed by atoms with Crippen LogP contribution >= 0.6 is 11.6 Å². The van der Waals surface area contributed by atoms with E-state index in [-0.39, 0.29) is 0 Å². The Morgan fingerprint density at radius 1 is 1.44 bits per heavy atom. The molecule has 0 bridgehead atoms. The highest BCUT2D eigenvalue weighted by atomic mass is 35.5. The van der Waals surface area contributed by atoms with Crippen molar-refractivity contribution in [3.05, 3.63) is 29.3 Å². The van der Waals surface area contributed by atoms with Gasteiger partial charge in [0, 0.05) is 24.7 Å². The lowest BCUT2D eigenvalue weighted by Gasteiger charge is -2.33. The molecule has 1 aromatic rings. The van der Waals surface area contributed by atoms with Crippen molar-refractivity contribution in [2.45, 2.75) is 32.6 Å². The number of aryl methyl sites for hydroxylation is 1. The predicted octanol–water partition coefficient (Wildman–Crippen LogP) is 3.97. The molecule has 0 spiro atoms. The van der Waals surface area contributed by atoms with Crippen molar-refractivity contribution in [3.8, 4) is 0 Å². The van der Waals surface area contributed by atoms with E-state index < -0.39 is 0 Å². The number of piperidine rings is 1. The molecular formula is C14H20ClN. The Bertz CT molecular complexity index is 362. The molecule has 0 radical (unpaired) electrons. The summed E-state index contributed by atoms with van der Waals surface area (Å²) in [6.07, 6.45) is 2.69.